The maximum atomic E-state index is 10.7. The molecule has 0 unspecified atom stereocenters. The molecule has 10 heavy (non-hydrogen) atoms. The van der Waals surface area contributed by atoms with Gasteiger partial charge in [-0.15, -0.1) is 5.10 Å². The minimum absolute atomic E-state index is 0.105. The summed E-state index contributed by atoms with van der Waals surface area (Å²) in [7, 11) is 0. The maximum absolute atomic E-state index is 10.7. The van der Waals surface area contributed by atoms with Crippen LogP contribution in [0.25, 0.3) is 0 Å². The Morgan fingerprint density at radius 3 is 2.80 bits per heavy atom. The first kappa shape index (κ1) is 6.85. The third-order valence-electron chi connectivity index (χ3n) is 1.15. The Labute approximate surface area is 58.0 Å². The second kappa shape index (κ2) is 2.55. The molecule has 5 nitrogen and oxygen atoms in total. The molecule has 0 fully saturated rings. The molecule has 0 saturated carbocycles. The van der Waals surface area contributed by atoms with Crippen molar-refractivity contribution in [2.75, 3.05) is 0 Å². The SMILES string of the molecule is CCn1nnnc1C(C)=O. The summed E-state index contributed by atoms with van der Waals surface area (Å²) in [6, 6.07) is 0. The lowest BCUT2D eigenvalue weighted by atomic mass is 10.4. The number of nitrogens with zero attached hydrogens (tertiary/aromatic N) is 4. The number of carbonyl (C=O) groups is 1. The van der Waals surface area contributed by atoms with Gasteiger partial charge < -0.3 is 0 Å². The van der Waals surface area contributed by atoms with Gasteiger partial charge in [-0.3, -0.25) is 4.79 Å². The molecule has 1 rings (SSSR count). The number of tetrazole rings is 1. The van der Waals surface area contributed by atoms with Crippen LogP contribution in [0.1, 0.15) is 24.5 Å². The van der Waals surface area contributed by atoms with Gasteiger partial charge in [0.1, 0.15) is 0 Å². The number of aromatic nitrogens is 4. The zero-order valence-corrected chi connectivity index (χ0v) is 5.90. The molecular formula is C5H8N4O. The Balaban J connectivity index is 3.01. The summed E-state index contributed by atoms with van der Waals surface area (Å²) < 4.78 is 1.46. The molecule has 0 spiro atoms. The normalized spacial score (nSPS) is 9.80. The lowest BCUT2D eigenvalue weighted by molar-refractivity contribution is 0.0998. The van der Waals surface area contributed by atoms with Crippen LogP contribution in [-0.4, -0.2) is 26.0 Å². The zero-order valence-electron chi connectivity index (χ0n) is 5.90. The molecule has 0 saturated heterocycles. The summed E-state index contributed by atoms with van der Waals surface area (Å²) in [5, 5.41) is 10.5. The summed E-state index contributed by atoms with van der Waals surface area (Å²) in [6.45, 7) is 3.95. The van der Waals surface area contributed by atoms with Crippen molar-refractivity contribution in [1.29, 1.82) is 0 Å². The fourth-order valence-electron chi connectivity index (χ4n) is 0.670. The van der Waals surface area contributed by atoms with Gasteiger partial charge in [0.2, 0.25) is 5.82 Å². The quantitative estimate of drug-likeness (QED) is 0.538. The van der Waals surface area contributed by atoms with Crippen molar-refractivity contribution in [2.24, 2.45) is 0 Å². The second-order valence-electron chi connectivity index (χ2n) is 1.87. The first-order valence-electron chi connectivity index (χ1n) is 3.02. The van der Waals surface area contributed by atoms with Crippen molar-refractivity contribution in [2.45, 2.75) is 20.4 Å². The summed E-state index contributed by atoms with van der Waals surface area (Å²) in [4.78, 5) is 10.7. The van der Waals surface area contributed by atoms with E-state index in [-0.39, 0.29) is 5.78 Å². The molecule has 0 aliphatic heterocycles. The number of rotatable bonds is 2. The number of carbonyl (C=O) groups excluding carboxylic acids is 1. The molecule has 1 aromatic heterocycles. The van der Waals surface area contributed by atoms with E-state index >= 15 is 0 Å². The number of hydrogen-bond donors (Lipinski definition) is 0. The molecule has 0 bridgehead atoms. The average molecular weight is 140 g/mol. The van der Waals surface area contributed by atoms with Gasteiger partial charge in [-0.1, -0.05) is 0 Å². The largest absolute Gasteiger partial charge is 0.291 e. The van der Waals surface area contributed by atoms with Crippen LogP contribution in [0.3, 0.4) is 0 Å². The summed E-state index contributed by atoms with van der Waals surface area (Å²) >= 11 is 0. The van der Waals surface area contributed by atoms with Crippen molar-refractivity contribution in [3.05, 3.63) is 5.82 Å². The molecule has 0 aromatic carbocycles. The average Bonchev–Trinajstić information content (AvgIpc) is 2.33. The van der Waals surface area contributed by atoms with E-state index in [1.54, 1.807) is 0 Å². The minimum atomic E-state index is -0.105. The predicted octanol–water partition coefficient (Wildman–Crippen LogP) is -0.104. The highest BCUT2D eigenvalue weighted by atomic mass is 16.1. The first-order chi connectivity index (χ1) is 4.75. The number of Topliss-reactive ketones (excluding diaryl/α,β-unsaturated/α-hetero) is 1. The molecule has 54 valence electrons. The molecule has 0 atom stereocenters. The van der Waals surface area contributed by atoms with Gasteiger partial charge in [0.15, 0.2) is 5.78 Å². The molecule has 0 aliphatic rings. The van der Waals surface area contributed by atoms with Crippen LogP contribution in [0.15, 0.2) is 0 Å². The molecule has 0 N–H and O–H groups in total. The van der Waals surface area contributed by atoms with Crippen LogP contribution in [0.4, 0.5) is 0 Å². The van der Waals surface area contributed by atoms with Gasteiger partial charge in [-0.05, 0) is 17.4 Å². The molecule has 1 aromatic rings. The highest BCUT2D eigenvalue weighted by Crippen LogP contribution is 1.91. The van der Waals surface area contributed by atoms with Gasteiger partial charge in [0.05, 0.1) is 0 Å². The van der Waals surface area contributed by atoms with E-state index in [0.717, 1.165) is 0 Å². The number of ketones is 1. The van der Waals surface area contributed by atoms with E-state index in [0.29, 0.717) is 12.4 Å². The minimum Gasteiger partial charge on any atom is -0.291 e. The molecule has 0 aliphatic carbocycles. The number of aryl methyl sites for hydroxylation is 1. The molecular weight excluding hydrogens is 132 g/mol. The third-order valence-corrected chi connectivity index (χ3v) is 1.15. The summed E-state index contributed by atoms with van der Waals surface area (Å²) in [5.74, 6) is 0.217. The van der Waals surface area contributed by atoms with Crippen LogP contribution in [0.2, 0.25) is 0 Å². The topological polar surface area (TPSA) is 60.7 Å². The van der Waals surface area contributed by atoms with E-state index < -0.39 is 0 Å². The Morgan fingerprint density at radius 1 is 1.70 bits per heavy atom. The van der Waals surface area contributed by atoms with E-state index in [1.165, 1.54) is 11.6 Å². The monoisotopic (exact) mass is 140 g/mol. The Morgan fingerprint density at radius 2 is 2.40 bits per heavy atom. The van der Waals surface area contributed by atoms with E-state index in [4.69, 9.17) is 0 Å². The fraction of sp³-hybridized carbons (Fsp3) is 0.600. The van der Waals surface area contributed by atoms with Gasteiger partial charge >= 0.3 is 0 Å². The first-order valence-corrected chi connectivity index (χ1v) is 3.02. The van der Waals surface area contributed by atoms with Gasteiger partial charge in [-0.2, -0.15) is 0 Å². The van der Waals surface area contributed by atoms with Crippen LogP contribution in [0, 0.1) is 0 Å². The van der Waals surface area contributed by atoms with E-state index in [1.807, 2.05) is 6.92 Å². The lowest BCUT2D eigenvalue weighted by Gasteiger charge is -1.93. The third kappa shape index (κ3) is 1.02. The predicted molar refractivity (Wildman–Crippen MR) is 33.5 cm³/mol. The molecule has 0 radical (unpaired) electrons. The zero-order chi connectivity index (χ0) is 7.56. The molecule has 1 heterocycles. The lowest BCUT2D eigenvalue weighted by Crippen LogP contribution is -2.07. The Kier molecular flexibility index (Phi) is 1.75. The van der Waals surface area contributed by atoms with Crippen molar-refractivity contribution in [3.8, 4) is 0 Å². The van der Waals surface area contributed by atoms with Gasteiger partial charge in [0.25, 0.3) is 0 Å². The summed E-state index contributed by atoms with van der Waals surface area (Å²) in [5.41, 5.74) is 0. The number of hydrogen-bond acceptors (Lipinski definition) is 4. The Bertz CT molecular complexity index is 242. The van der Waals surface area contributed by atoms with Crippen LogP contribution in [-0.2, 0) is 6.54 Å². The fourth-order valence-corrected chi connectivity index (χ4v) is 0.670. The standard InChI is InChI=1S/C5H8N4O/c1-3-9-5(4(2)10)6-7-8-9/h3H2,1-2H3. The highest BCUT2D eigenvalue weighted by molar-refractivity contribution is 5.90. The van der Waals surface area contributed by atoms with Crippen molar-refractivity contribution < 1.29 is 4.79 Å². The molecule has 0 amide bonds. The summed E-state index contributed by atoms with van der Waals surface area (Å²) in [6.07, 6.45) is 0. The highest BCUT2D eigenvalue weighted by Gasteiger charge is 2.07. The van der Waals surface area contributed by atoms with Crippen molar-refractivity contribution in [3.63, 3.8) is 0 Å². The van der Waals surface area contributed by atoms with Crippen molar-refractivity contribution >= 4 is 5.78 Å². The van der Waals surface area contributed by atoms with Gasteiger partial charge in [-0.25, -0.2) is 4.68 Å². The van der Waals surface area contributed by atoms with E-state index in [9.17, 15) is 4.79 Å². The van der Waals surface area contributed by atoms with Crippen LogP contribution in [0.5, 0.6) is 0 Å². The van der Waals surface area contributed by atoms with Crippen LogP contribution >= 0.6 is 0 Å². The van der Waals surface area contributed by atoms with Crippen molar-refractivity contribution in [1.82, 2.24) is 20.2 Å². The molecule has 5 heteroatoms. The smallest absolute Gasteiger partial charge is 0.217 e. The van der Waals surface area contributed by atoms with Crippen LogP contribution < -0.4 is 0 Å². The maximum Gasteiger partial charge on any atom is 0.217 e. The van der Waals surface area contributed by atoms with E-state index in [2.05, 4.69) is 15.5 Å². The Hall–Kier alpha value is -1.26. The second-order valence-corrected chi connectivity index (χ2v) is 1.87. The van der Waals surface area contributed by atoms with Gasteiger partial charge in [0, 0.05) is 13.5 Å².